The number of nitrogens with zero attached hydrogens (tertiary/aromatic N) is 4. The maximum atomic E-state index is 12.7. The standard InChI is InChI=1S/C20H32N4O3/c1-14(2)24(19(26)27-20(4,5)6)13-16-8-7-9-23(12-16)18(25)17-11-21-15(3)10-22-17/h10-11,14,16H,7-9,12-13H2,1-6H3. The Hall–Kier alpha value is -2.18. The molecule has 7 heteroatoms. The minimum absolute atomic E-state index is 0.0360. The number of hydrogen-bond donors (Lipinski definition) is 0. The first-order chi connectivity index (χ1) is 12.6. The number of likely N-dealkylation sites (tertiary alicyclic amines) is 1. The van der Waals surface area contributed by atoms with Gasteiger partial charge in [0.25, 0.3) is 5.91 Å². The van der Waals surface area contributed by atoms with Crippen LogP contribution in [0.25, 0.3) is 0 Å². The number of ether oxygens (including phenoxy) is 1. The molecular weight excluding hydrogens is 344 g/mol. The Morgan fingerprint density at radius 3 is 2.56 bits per heavy atom. The Morgan fingerprint density at radius 2 is 2.00 bits per heavy atom. The fourth-order valence-electron chi connectivity index (χ4n) is 3.16. The van der Waals surface area contributed by atoms with Crippen molar-refractivity contribution in [1.29, 1.82) is 0 Å². The molecule has 2 rings (SSSR count). The highest BCUT2D eigenvalue weighted by Crippen LogP contribution is 2.21. The number of carbonyl (C=O) groups excluding carboxylic acids is 2. The molecule has 7 nitrogen and oxygen atoms in total. The van der Waals surface area contributed by atoms with Crippen LogP contribution >= 0.6 is 0 Å². The van der Waals surface area contributed by atoms with Crippen molar-refractivity contribution in [2.24, 2.45) is 5.92 Å². The molecule has 1 aromatic heterocycles. The van der Waals surface area contributed by atoms with Gasteiger partial charge >= 0.3 is 6.09 Å². The monoisotopic (exact) mass is 376 g/mol. The van der Waals surface area contributed by atoms with Crippen LogP contribution in [0.15, 0.2) is 12.4 Å². The van der Waals surface area contributed by atoms with E-state index in [0.717, 1.165) is 18.5 Å². The van der Waals surface area contributed by atoms with Gasteiger partial charge in [-0.2, -0.15) is 0 Å². The van der Waals surface area contributed by atoms with Crippen LogP contribution in [0.3, 0.4) is 0 Å². The average Bonchev–Trinajstić information content (AvgIpc) is 2.58. The van der Waals surface area contributed by atoms with Crippen LogP contribution in [0.2, 0.25) is 0 Å². The van der Waals surface area contributed by atoms with Gasteiger partial charge in [0.05, 0.1) is 11.9 Å². The molecule has 0 aromatic carbocycles. The zero-order chi connectivity index (χ0) is 20.2. The Kier molecular flexibility index (Phi) is 6.78. The third kappa shape index (κ3) is 6.19. The molecule has 1 aliphatic heterocycles. The molecule has 0 bridgehead atoms. The molecule has 0 aliphatic carbocycles. The summed E-state index contributed by atoms with van der Waals surface area (Å²) in [6.45, 7) is 13.3. The second-order valence-electron chi connectivity index (χ2n) is 8.53. The van der Waals surface area contributed by atoms with E-state index in [2.05, 4.69) is 9.97 Å². The van der Waals surface area contributed by atoms with E-state index in [1.165, 1.54) is 6.20 Å². The first-order valence-corrected chi connectivity index (χ1v) is 9.64. The van der Waals surface area contributed by atoms with E-state index in [-0.39, 0.29) is 24.0 Å². The SMILES string of the molecule is Cc1cnc(C(=O)N2CCCC(CN(C(=O)OC(C)(C)C)C(C)C)C2)cn1. The summed E-state index contributed by atoms with van der Waals surface area (Å²) < 4.78 is 5.55. The summed E-state index contributed by atoms with van der Waals surface area (Å²) in [6.07, 6.45) is 4.73. The van der Waals surface area contributed by atoms with Gasteiger partial charge in [-0.25, -0.2) is 9.78 Å². The molecule has 2 amide bonds. The van der Waals surface area contributed by atoms with Gasteiger partial charge in [-0.05, 0) is 60.3 Å². The summed E-state index contributed by atoms with van der Waals surface area (Å²) in [4.78, 5) is 37.2. The van der Waals surface area contributed by atoms with Crippen molar-refractivity contribution in [2.45, 2.75) is 66.0 Å². The van der Waals surface area contributed by atoms with Crippen LogP contribution in [0.1, 0.15) is 63.6 Å². The quantitative estimate of drug-likeness (QED) is 0.806. The largest absolute Gasteiger partial charge is 0.444 e. The zero-order valence-electron chi connectivity index (χ0n) is 17.4. The fourth-order valence-corrected chi connectivity index (χ4v) is 3.16. The molecule has 1 saturated heterocycles. The predicted molar refractivity (Wildman–Crippen MR) is 103 cm³/mol. The molecule has 27 heavy (non-hydrogen) atoms. The van der Waals surface area contributed by atoms with Crippen molar-refractivity contribution >= 4 is 12.0 Å². The number of rotatable bonds is 4. The van der Waals surface area contributed by atoms with Gasteiger partial charge in [0, 0.05) is 31.9 Å². The van der Waals surface area contributed by atoms with E-state index in [1.54, 1.807) is 11.1 Å². The van der Waals surface area contributed by atoms with Gasteiger partial charge in [0.1, 0.15) is 11.3 Å². The Balaban J connectivity index is 2.02. The minimum atomic E-state index is -0.525. The maximum Gasteiger partial charge on any atom is 0.410 e. The highest BCUT2D eigenvalue weighted by atomic mass is 16.6. The van der Waals surface area contributed by atoms with E-state index in [9.17, 15) is 9.59 Å². The third-order valence-electron chi connectivity index (χ3n) is 4.51. The summed E-state index contributed by atoms with van der Waals surface area (Å²) in [5.41, 5.74) is 0.630. The van der Waals surface area contributed by atoms with E-state index in [1.807, 2.05) is 46.4 Å². The topological polar surface area (TPSA) is 75.6 Å². The van der Waals surface area contributed by atoms with Gasteiger partial charge in [0.15, 0.2) is 0 Å². The van der Waals surface area contributed by atoms with Crippen LogP contribution < -0.4 is 0 Å². The molecule has 0 spiro atoms. The van der Waals surface area contributed by atoms with Crippen molar-refractivity contribution in [2.75, 3.05) is 19.6 Å². The third-order valence-corrected chi connectivity index (χ3v) is 4.51. The van der Waals surface area contributed by atoms with Crippen LogP contribution in [-0.4, -0.2) is 63.0 Å². The van der Waals surface area contributed by atoms with E-state index >= 15 is 0 Å². The summed E-state index contributed by atoms with van der Waals surface area (Å²) in [7, 11) is 0. The first kappa shape index (κ1) is 21.1. The molecule has 1 atom stereocenters. The predicted octanol–water partition coefficient (Wildman–Crippen LogP) is 3.28. The molecule has 0 saturated carbocycles. The lowest BCUT2D eigenvalue weighted by atomic mass is 9.96. The van der Waals surface area contributed by atoms with Crippen LogP contribution in [0.5, 0.6) is 0 Å². The number of carbonyl (C=O) groups is 2. The number of hydrogen-bond acceptors (Lipinski definition) is 5. The van der Waals surface area contributed by atoms with Gasteiger partial charge in [-0.15, -0.1) is 0 Å². The van der Waals surface area contributed by atoms with Gasteiger partial charge in [0.2, 0.25) is 0 Å². The summed E-state index contributed by atoms with van der Waals surface area (Å²) in [5, 5.41) is 0. The summed E-state index contributed by atoms with van der Waals surface area (Å²) in [5.74, 6) is 0.122. The van der Waals surface area contributed by atoms with E-state index in [0.29, 0.717) is 25.3 Å². The summed E-state index contributed by atoms with van der Waals surface area (Å²) >= 11 is 0. The highest BCUT2D eigenvalue weighted by Gasteiger charge is 2.30. The van der Waals surface area contributed by atoms with Crippen LogP contribution in [0.4, 0.5) is 4.79 Å². The number of amides is 2. The van der Waals surface area contributed by atoms with Crippen molar-refractivity contribution in [3.63, 3.8) is 0 Å². The molecule has 1 unspecified atom stereocenters. The Morgan fingerprint density at radius 1 is 1.30 bits per heavy atom. The molecule has 0 N–H and O–H groups in total. The second-order valence-corrected chi connectivity index (χ2v) is 8.53. The van der Waals surface area contributed by atoms with Gasteiger partial charge in [-0.3, -0.25) is 9.78 Å². The van der Waals surface area contributed by atoms with Gasteiger partial charge < -0.3 is 14.5 Å². The van der Waals surface area contributed by atoms with Crippen molar-refractivity contribution < 1.29 is 14.3 Å². The average molecular weight is 377 g/mol. The second kappa shape index (κ2) is 8.67. The Labute approximate surface area is 162 Å². The molecule has 150 valence electrons. The minimum Gasteiger partial charge on any atom is -0.444 e. The van der Waals surface area contributed by atoms with E-state index < -0.39 is 5.60 Å². The lowest BCUT2D eigenvalue weighted by Gasteiger charge is -2.37. The molecule has 1 fully saturated rings. The molecule has 2 heterocycles. The molecular formula is C20H32N4O3. The fraction of sp³-hybridized carbons (Fsp3) is 0.700. The molecule has 0 radical (unpaired) electrons. The normalized spacial score (nSPS) is 17.7. The van der Waals surface area contributed by atoms with Crippen molar-refractivity contribution in [3.8, 4) is 0 Å². The lowest BCUT2D eigenvalue weighted by Crippen LogP contribution is -2.48. The molecule has 1 aliphatic rings. The number of aryl methyl sites for hydroxylation is 1. The Bertz CT molecular complexity index is 652. The van der Waals surface area contributed by atoms with Crippen molar-refractivity contribution in [1.82, 2.24) is 19.8 Å². The molecule has 1 aromatic rings. The van der Waals surface area contributed by atoms with Gasteiger partial charge in [-0.1, -0.05) is 0 Å². The van der Waals surface area contributed by atoms with Crippen molar-refractivity contribution in [3.05, 3.63) is 23.8 Å². The first-order valence-electron chi connectivity index (χ1n) is 9.64. The highest BCUT2D eigenvalue weighted by molar-refractivity contribution is 5.92. The maximum absolute atomic E-state index is 12.7. The smallest absolute Gasteiger partial charge is 0.410 e. The zero-order valence-corrected chi connectivity index (χ0v) is 17.4. The number of aromatic nitrogens is 2. The summed E-state index contributed by atoms with van der Waals surface area (Å²) in [6, 6.07) is 0.0360. The van der Waals surface area contributed by atoms with Crippen LogP contribution in [-0.2, 0) is 4.74 Å². The van der Waals surface area contributed by atoms with Crippen LogP contribution in [0, 0.1) is 12.8 Å². The number of piperidine rings is 1. The lowest BCUT2D eigenvalue weighted by molar-refractivity contribution is 0.0123. The van der Waals surface area contributed by atoms with E-state index in [4.69, 9.17) is 4.74 Å².